The summed E-state index contributed by atoms with van der Waals surface area (Å²) in [5.74, 6) is -0.292. The average molecular weight is 380 g/mol. The highest BCUT2D eigenvalue weighted by atomic mass is 19.4. The van der Waals surface area contributed by atoms with Gasteiger partial charge < -0.3 is 19.7 Å². The molecule has 0 bridgehead atoms. The maximum atomic E-state index is 13.0. The molecule has 0 radical (unpaired) electrons. The number of amides is 2. The monoisotopic (exact) mass is 380 g/mol. The van der Waals surface area contributed by atoms with Gasteiger partial charge in [-0.1, -0.05) is 12.1 Å². The maximum absolute atomic E-state index is 13.0. The number of fused-ring (bicyclic) bond motifs is 1. The van der Waals surface area contributed by atoms with Crippen LogP contribution in [-0.4, -0.2) is 25.2 Å². The van der Waals surface area contributed by atoms with Gasteiger partial charge in [-0.15, -0.1) is 0 Å². The van der Waals surface area contributed by atoms with Crippen LogP contribution in [0.1, 0.15) is 12.5 Å². The van der Waals surface area contributed by atoms with Crippen molar-refractivity contribution >= 4 is 23.2 Å². The van der Waals surface area contributed by atoms with Crippen LogP contribution in [0.15, 0.2) is 42.5 Å². The van der Waals surface area contributed by atoms with E-state index in [0.717, 1.165) is 17.0 Å². The van der Waals surface area contributed by atoms with Gasteiger partial charge in [-0.05, 0) is 24.3 Å². The van der Waals surface area contributed by atoms with Crippen LogP contribution in [0.3, 0.4) is 0 Å². The molecule has 0 saturated carbocycles. The van der Waals surface area contributed by atoms with Gasteiger partial charge in [-0.2, -0.15) is 13.2 Å². The topological polar surface area (TPSA) is 67.9 Å². The largest absolute Gasteiger partial charge is 0.454 e. The van der Waals surface area contributed by atoms with Gasteiger partial charge in [0.1, 0.15) is 6.54 Å². The molecule has 0 saturated heterocycles. The van der Waals surface area contributed by atoms with Crippen LogP contribution in [0.5, 0.6) is 11.5 Å². The number of hydrogen-bond donors (Lipinski definition) is 1. The summed E-state index contributed by atoms with van der Waals surface area (Å²) in [5, 5.41) is 2.22. The van der Waals surface area contributed by atoms with Crippen LogP contribution < -0.4 is 19.7 Å². The third kappa shape index (κ3) is 4.13. The molecule has 0 fully saturated rings. The fraction of sp³-hybridized carbons (Fsp3) is 0.222. The Balaban J connectivity index is 1.78. The highest BCUT2D eigenvalue weighted by molar-refractivity contribution is 6.02. The minimum atomic E-state index is -4.61. The van der Waals surface area contributed by atoms with Gasteiger partial charge in [-0.3, -0.25) is 9.59 Å². The van der Waals surface area contributed by atoms with Gasteiger partial charge in [0.2, 0.25) is 18.6 Å². The van der Waals surface area contributed by atoms with Crippen molar-refractivity contribution < 1.29 is 32.2 Å². The Morgan fingerprint density at radius 3 is 2.52 bits per heavy atom. The van der Waals surface area contributed by atoms with Crippen molar-refractivity contribution in [1.82, 2.24) is 0 Å². The molecule has 2 amide bonds. The zero-order chi connectivity index (χ0) is 19.6. The van der Waals surface area contributed by atoms with Crippen molar-refractivity contribution in [2.45, 2.75) is 13.1 Å². The maximum Gasteiger partial charge on any atom is 0.418 e. The number of hydrogen-bond acceptors (Lipinski definition) is 4. The third-order valence-corrected chi connectivity index (χ3v) is 3.86. The van der Waals surface area contributed by atoms with Gasteiger partial charge >= 0.3 is 6.18 Å². The number of anilines is 2. The summed E-state index contributed by atoms with van der Waals surface area (Å²) < 4.78 is 49.5. The number of alkyl halides is 3. The molecule has 1 aliphatic rings. The fourth-order valence-corrected chi connectivity index (χ4v) is 2.61. The van der Waals surface area contributed by atoms with Crippen molar-refractivity contribution in [1.29, 1.82) is 0 Å². The summed E-state index contributed by atoms with van der Waals surface area (Å²) in [6, 6.07) is 9.31. The van der Waals surface area contributed by atoms with Crippen LogP contribution in [0.2, 0.25) is 0 Å². The normalized spacial score (nSPS) is 12.6. The van der Waals surface area contributed by atoms with E-state index in [1.54, 1.807) is 12.1 Å². The fourth-order valence-electron chi connectivity index (χ4n) is 2.61. The summed E-state index contributed by atoms with van der Waals surface area (Å²) >= 11 is 0. The molecular formula is C18H15F3N2O4. The summed E-state index contributed by atoms with van der Waals surface area (Å²) in [6.07, 6.45) is -4.61. The Labute approximate surface area is 152 Å². The van der Waals surface area contributed by atoms with Crippen LogP contribution in [0.25, 0.3) is 0 Å². The van der Waals surface area contributed by atoms with Crippen molar-refractivity contribution in [2.75, 3.05) is 23.6 Å². The second kappa shape index (κ2) is 7.18. The number of nitrogens with one attached hydrogen (secondary N) is 1. The first-order valence-electron chi connectivity index (χ1n) is 7.89. The Morgan fingerprint density at radius 2 is 1.81 bits per heavy atom. The first-order valence-corrected chi connectivity index (χ1v) is 7.89. The molecule has 1 aliphatic heterocycles. The van der Waals surface area contributed by atoms with Crippen LogP contribution >= 0.6 is 0 Å². The van der Waals surface area contributed by atoms with Crippen molar-refractivity contribution in [3.8, 4) is 11.5 Å². The summed E-state index contributed by atoms with van der Waals surface area (Å²) in [5.41, 5.74) is -0.967. The molecular weight excluding hydrogens is 365 g/mol. The van der Waals surface area contributed by atoms with Crippen molar-refractivity contribution in [3.05, 3.63) is 48.0 Å². The minimum absolute atomic E-state index is 0.0492. The zero-order valence-corrected chi connectivity index (χ0v) is 14.2. The van der Waals surface area contributed by atoms with Gasteiger partial charge in [0.25, 0.3) is 0 Å². The second-order valence-corrected chi connectivity index (χ2v) is 5.73. The van der Waals surface area contributed by atoms with E-state index < -0.39 is 30.1 Å². The number of ether oxygens (including phenoxy) is 2. The number of benzene rings is 2. The molecule has 0 spiro atoms. The van der Waals surface area contributed by atoms with Crippen LogP contribution in [0, 0.1) is 0 Å². The van der Waals surface area contributed by atoms with Gasteiger partial charge in [0.05, 0.1) is 11.3 Å². The lowest BCUT2D eigenvalue weighted by molar-refractivity contribution is -0.137. The van der Waals surface area contributed by atoms with Gasteiger partial charge in [-0.25, -0.2) is 0 Å². The van der Waals surface area contributed by atoms with E-state index in [2.05, 4.69) is 5.32 Å². The molecule has 2 aromatic carbocycles. The Bertz CT molecular complexity index is 883. The van der Waals surface area contributed by atoms with Crippen LogP contribution in [-0.2, 0) is 15.8 Å². The molecule has 9 heteroatoms. The van der Waals surface area contributed by atoms with Gasteiger partial charge in [0.15, 0.2) is 11.5 Å². The smallest absolute Gasteiger partial charge is 0.418 e. The third-order valence-electron chi connectivity index (χ3n) is 3.86. The molecule has 1 N–H and O–H groups in total. The number of carbonyl (C=O) groups excluding carboxylic acids is 2. The van der Waals surface area contributed by atoms with E-state index in [4.69, 9.17) is 9.47 Å². The van der Waals surface area contributed by atoms with E-state index in [9.17, 15) is 22.8 Å². The molecule has 6 nitrogen and oxygen atoms in total. The Morgan fingerprint density at radius 1 is 1.11 bits per heavy atom. The predicted octanol–water partition coefficient (Wildman–Crippen LogP) is 3.43. The first kappa shape index (κ1) is 18.6. The SMILES string of the molecule is CC(=O)N(CC(=O)Nc1ccccc1C(F)(F)F)c1ccc2c(c1)OCO2. The van der Waals surface area contributed by atoms with E-state index in [0.29, 0.717) is 17.2 Å². The molecule has 0 aliphatic carbocycles. The quantitative estimate of drug-likeness (QED) is 0.883. The molecule has 0 unspecified atom stereocenters. The summed E-state index contributed by atoms with van der Waals surface area (Å²) in [6.45, 7) is 0.844. The standard InChI is InChI=1S/C18H15F3N2O4/c1-11(24)23(12-6-7-15-16(8-12)27-10-26-15)9-17(25)22-14-5-3-2-4-13(14)18(19,20)21/h2-8H,9-10H2,1H3,(H,22,25). The number of para-hydroxylation sites is 1. The van der Waals surface area contributed by atoms with E-state index in [1.165, 1.54) is 25.1 Å². The minimum Gasteiger partial charge on any atom is -0.454 e. The molecule has 142 valence electrons. The van der Waals surface area contributed by atoms with Crippen molar-refractivity contribution in [2.24, 2.45) is 0 Å². The molecule has 0 aromatic heterocycles. The Hall–Kier alpha value is -3.23. The number of halogens is 3. The lowest BCUT2D eigenvalue weighted by Crippen LogP contribution is -2.37. The number of rotatable bonds is 4. The lowest BCUT2D eigenvalue weighted by Gasteiger charge is -2.21. The lowest BCUT2D eigenvalue weighted by atomic mass is 10.1. The van der Waals surface area contributed by atoms with E-state index >= 15 is 0 Å². The Kier molecular flexibility index (Phi) is 4.93. The molecule has 1 heterocycles. The van der Waals surface area contributed by atoms with Gasteiger partial charge in [0, 0.05) is 18.7 Å². The summed E-state index contributed by atoms with van der Waals surface area (Å²) in [4.78, 5) is 25.4. The highest BCUT2D eigenvalue weighted by Crippen LogP contribution is 2.36. The summed E-state index contributed by atoms with van der Waals surface area (Å²) in [7, 11) is 0. The molecule has 3 rings (SSSR count). The molecule has 2 aromatic rings. The molecule has 0 atom stereocenters. The van der Waals surface area contributed by atoms with Crippen LogP contribution in [0.4, 0.5) is 24.5 Å². The van der Waals surface area contributed by atoms with E-state index in [-0.39, 0.29) is 12.5 Å². The number of nitrogens with zero attached hydrogens (tertiary/aromatic N) is 1. The zero-order valence-electron chi connectivity index (χ0n) is 14.2. The second-order valence-electron chi connectivity index (χ2n) is 5.73. The predicted molar refractivity (Wildman–Crippen MR) is 90.7 cm³/mol. The molecule has 27 heavy (non-hydrogen) atoms. The highest BCUT2D eigenvalue weighted by Gasteiger charge is 2.33. The van der Waals surface area contributed by atoms with E-state index in [1.807, 2.05) is 0 Å². The van der Waals surface area contributed by atoms with Crippen molar-refractivity contribution in [3.63, 3.8) is 0 Å². The first-order chi connectivity index (χ1) is 12.8. The number of carbonyl (C=O) groups is 2. The average Bonchev–Trinajstić information content (AvgIpc) is 3.06.